The summed E-state index contributed by atoms with van der Waals surface area (Å²) >= 11 is 0. The first-order chi connectivity index (χ1) is 12.8. The van der Waals surface area contributed by atoms with Crippen molar-refractivity contribution in [3.05, 3.63) is 69.5 Å². The minimum atomic E-state index is -4.00. The highest BCUT2D eigenvalue weighted by atomic mass is 32.2. The monoisotopic (exact) mass is 393 g/mol. The molecule has 1 atom stereocenters. The molecular weight excluding hydrogens is 373 g/mol. The van der Waals surface area contributed by atoms with Crippen LogP contribution < -0.4 is 5.32 Å². The molecule has 3 rings (SSSR count). The van der Waals surface area contributed by atoms with E-state index < -0.39 is 26.8 Å². The fraction of sp³-hybridized carbons (Fsp3) is 0.333. The molecule has 1 heterocycles. The molecule has 0 aromatic heterocycles. The van der Waals surface area contributed by atoms with Gasteiger partial charge in [-0.2, -0.15) is 4.31 Å². The first-order valence-corrected chi connectivity index (χ1v) is 10.0. The SMILES string of the molecule is CCc1ccc([N+](=O)[O-])cc1S(=O)(=O)N1CCNCC1c1cccc(F)c1. The summed E-state index contributed by atoms with van der Waals surface area (Å²) in [5.74, 6) is -0.444. The highest BCUT2D eigenvalue weighted by molar-refractivity contribution is 7.89. The van der Waals surface area contributed by atoms with Crippen LogP contribution >= 0.6 is 0 Å². The highest BCUT2D eigenvalue weighted by Crippen LogP contribution is 2.32. The number of nitro benzene ring substituents is 1. The molecule has 2 aromatic carbocycles. The minimum absolute atomic E-state index is 0.0671. The van der Waals surface area contributed by atoms with Gasteiger partial charge < -0.3 is 5.32 Å². The van der Waals surface area contributed by atoms with Crippen LogP contribution in [0.5, 0.6) is 0 Å². The van der Waals surface area contributed by atoms with Gasteiger partial charge in [-0.15, -0.1) is 0 Å². The number of piperazine rings is 1. The Hall–Kier alpha value is -2.36. The summed E-state index contributed by atoms with van der Waals surface area (Å²) in [6.45, 7) is 2.76. The standard InChI is InChI=1S/C18H20FN3O4S/c1-2-13-6-7-16(22(23)24)11-18(13)27(25,26)21-9-8-20-12-17(21)14-4-3-5-15(19)10-14/h3-7,10-11,17,20H,2,8-9,12H2,1H3. The lowest BCUT2D eigenvalue weighted by atomic mass is 10.1. The molecule has 0 amide bonds. The number of rotatable bonds is 5. The number of benzene rings is 2. The molecule has 144 valence electrons. The van der Waals surface area contributed by atoms with Crippen LogP contribution in [-0.2, 0) is 16.4 Å². The summed E-state index contributed by atoms with van der Waals surface area (Å²) in [6.07, 6.45) is 0.420. The molecule has 1 fully saturated rings. The van der Waals surface area contributed by atoms with E-state index in [1.165, 1.54) is 34.6 Å². The smallest absolute Gasteiger partial charge is 0.270 e. The van der Waals surface area contributed by atoms with Crippen LogP contribution in [0.4, 0.5) is 10.1 Å². The molecule has 7 nitrogen and oxygen atoms in total. The lowest BCUT2D eigenvalue weighted by molar-refractivity contribution is -0.385. The molecular formula is C18H20FN3O4S. The molecule has 0 radical (unpaired) electrons. The van der Waals surface area contributed by atoms with Crippen LogP contribution in [0.2, 0.25) is 0 Å². The van der Waals surface area contributed by atoms with Crippen molar-refractivity contribution in [2.75, 3.05) is 19.6 Å². The van der Waals surface area contributed by atoms with Crippen molar-refractivity contribution in [3.63, 3.8) is 0 Å². The lowest BCUT2D eigenvalue weighted by Gasteiger charge is -2.35. The van der Waals surface area contributed by atoms with Crippen LogP contribution in [0.25, 0.3) is 0 Å². The third-order valence-corrected chi connectivity index (χ3v) is 6.65. The van der Waals surface area contributed by atoms with E-state index in [9.17, 15) is 22.9 Å². The van der Waals surface area contributed by atoms with Crippen molar-refractivity contribution in [3.8, 4) is 0 Å². The van der Waals surface area contributed by atoms with Gasteiger partial charge in [0.2, 0.25) is 10.0 Å². The first-order valence-electron chi connectivity index (χ1n) is 8.60. The fourth-order valence-electron chi connectivity index (χ4n) is 3.29. The molecule has 0 saturated carbocycles. The van der Waals surface area contributed by atoms with Gasteiger partial charge in [-0.1, -0.05) is 25.1 Å². The zero-order chi connectivity index (χ0) is 19.6. The van der Waals surface area contributed by atoms with Crippen molar-refractivity contribution < 1.29 is 17.7 Å². The number of non-ortho nitro benzene ring substituents is 1. The van der Waals surface area contributed by atoms with Crippen molar-refractivity contribution in [1.29, 1.82) is 0 Å². The van der Waals surface area contributed by atoms with Gasteiger partial charge in [0.25, 0.3) is 5.69 Å². The number of nitro groups is 1. The van der Waals surface area contributed by atoms with Crippen LogP contribution in [0.15, 0.2) is 47.4 Å². The van der Waals surface area contributed by atoms with Gasteiger partial charge in [-0.05, 0) is 29.7 Å². The predicted octanol–water partition coefficient (Wildman–Crippen LogP) is 2.63. The molecule has 1 aliphatic heterocycles. The topological polar surface area (TPSA) is 92.5 Å². The summed E-state index contributed by atoms with van der Waals surface area (Å²) in [5, 5.41) is 14.3. The summed E-state index contributed by atoms with van der Waals surface area (Å²) in [6, 6.07) is 9.13. The van der Waals surface area contributed by atoms with Gasteiger partial charge in [0.1, 0.15) is 5.82 Å². The second-order valence-electron chi connectivity index (χ2n) is 6.29. The second kappa shape index (κ2) is 7.71. The van der Waals surface area contributed by atoms with Crippen molar-refractivity contribution in [2.24, 2.45) is 0 Å². The normalized spacial score (nSPS) is 18.4. The molecule has 1 N–H and O–H groups in total. The Morgan fingerprint density at radius 1 is 1.30 bits per heavy atom. The Morgan fingerprint density at radius 3 is 2.74 bits per heavy atom. The Labute approximate surface area is 157 Å². The average molecular weight is 393 g/mol. The molecule has 1 aliphatic rings. The quantitative estimate of drug-likeness (QED) is 0.623. The molecule has 0 spiro atoms. The van der Waals surface area contributed by atoms with E-state index in [1.54, 1.807) is 13.0 Å². The third-order valence-electron chi connectivity index (χ3n) is 4.66. The van der Waals surface area contributed by atoms with E-state index in [1.807, 2.05) is 0 Å². The van der Waals surface area contributed by atoms with Crippen LogP contribution in [0.1, 0.15) is 24.1 Å². The minimum Gasteiger partial charge on any atom is -0.313 e. The Morgan fingerprint density at radius 2 is 2.07 bits per heavy atom. The molecule has 1 saturated heterocycles. The largest absolute Gasteiger partial charge is 0.313 e. The van der Waals surface area contributed by atoms with Crippen molar-refractivity contribution >= 4 is 15.7 Å². The van der Waals surface area contributed by atoms with Crippen molar-refractivity contribution in [1.82, 2.24) is 9.62 Å². The second-order valence-corrected chi connectivity index (χ2v) is 8.15. The predicted molar refractivity (Wildman–Crippen MR) is 98.4 cm³/mol. The van der Waals surface area contributed by atoms with Gasteiger partial charge in [0.15, 0.2) is 0 Å². The maximum atomic E-state index is 13.7. The summed E-state index contributed by atoms with van der Waals surface area (Å²) in [5.41, 5.74) is 0.773. The maximum Gasteiger partial charge on any atom is 0.270 e. The Balaban J connectivity index is 2.09. The first kappa shape index (κ1) is 19.4. The number of halogens is 1. The van der Waals surface area contributed by atoms with E-state index >= 15 is 0 Å². The average Bonchev–Trinajstić information content (AvgIpc) is 2.67. The molecule has 1 unspecified atom stereocenters. The number of aryl methyl sites for hydroxylation is 1. The van der Waals surface area contributed by atoms with Gasteiger partial charge in [-0.25, -0.2) is 12.8 Å². The van der Waals surface area contributed by atoms with Gasteiger partial charge in [0, 0.05) is 31.8 Å². The zero-order valence-corrected chi connectivity index (χ0v) is 15.6. The number of hydrogen-bond donors (Lipinski definition) is 1. The molecule has 2 aromatic rings. The number of hydrogen-bond acceptors (Lipinski definition) is 5. The van der Waals surface area contributed by atoms with Gasteiger partial charge in [0.05, 0.1) is 15.9 Å². The van der Waals surface area contributed by atoms with E-state index in [4.69, 9.17) is 0 Å². The Kier molecular flexibility index (Phi) is 5.54. The van der Waals surface area contributed by atoms with Gasteiger partial charge in [-0.3, -0.25) is 10.1 Å². The Bertz CT molecular complexity index is 965. The lowest BCUT2D eigenvalue weighted by Crippen LogP contribution is -2.48. The van der Waals surface area contributed by atoms with E-state index in [0.717, 1.165) is 6.07 Å². The molecule has 0 bridgehead atoms. The van der Waals surface area contributed by atoms with E-state index in [-0.39, 0.29) is 17.1 Å². The maximum absolute atomic E-state index is 13.7. The molecule has 9 heteroatoms. The number of sulfonamides is 1. The molecule has 27 heavy (non-hydrogen) atoms. The number of nitrogens with one attached hydrogen (secondary N) is 1. The van der Waals surface area contributed by atoms with Gasteiger partial charge >= 0.3 is 0 Å². The summed E-state index contributed by atoms with van der Waals surface area (Å²) in [7, 11) is -4.00. The number of nitrogens with zero attached hydrogens (tertiary/aromatic N) is 2. The summed E-state index contributed by atoms with van der Waals surface area (Å²) < 4.78 is 41.8. The van der Waals surface area contributed by atoms with E-state index in [2.05, 4.69) is 5.32 Å². The third kappa shape index (κ3) is 3.85. The van der Waals surface area contributed by atoms with Crippen LogP contribution in [0, 0.1) is 15.9 Å². The van der Waals surface area contributed by atoms with Crippen molar-refractivity contribution in [2.45, 2.75) is 24.3 Å². The molecule has 0 aliphatic carbocycles. The van der Waals surface area contributed by atoms with E-state index in [0.29, 0.717) is 30.6 Å². The highest BCUT2D eigenvalue weighted by Gasteiger charge is 2.36. The fourth-order valence-corrected chi connectivity index (χ4v) is 5.22. The van der Waals surface area contributed by atoms with Crippen LogP contribution in [0.3, 0.4) is 0 Å². The van der Waals surface area contributed by atoms with Crippen LogP contribution in [-0.4, -0.2) is 37.3 Å². The zero-order valence-electron chi connectivity index (χ0n) is 14.8. The summed E-state index contributed by atoms with van der Waals surface area (Å²) in [4.78, 5) is 10.4.